The summed E-state index contributed by atoms with van der Waals surface area (Å²) < 4.78 is 33.6. The Bertz CT molecular complexity index is 1240. The number of carbonyl (C=O) groups excluding carboxylic acids is 1. The Balaban J connectivity index is 1.52. The summed E-state index contributed by atoms with van der Waals surface area (Å²) in [5, 5.41) is 3.61. The molecule has 1 aromatic heterocycles. The maximum atomic E-state index is 12.6. The van der Waals surface area contributed by atoms with Gasteiger partial charge in [0.15, 0.2) is 0 Å². The van der Waals surface area contributed by atoms with Crippen LogP contribution in [-0.2, 0) is 14.8 Å². The van der Waals surface area contributed by atoms with Gasteiger partial charge in [-0.2, -0.15) is 0 Å². The average Bonchev–Trinajstić information content (AvgIpc) is 3.12. The molecule has 4 aromatic rings. The van der Waals surface area contributed by atoms with E-state index in [-0.39, 0.29) is 10.8 Å². The van der Waals surface area contributed by atoms with Crippen LogP contribution in [0.5, 0.6) is 0 Å². The van der Waals surface area contributed by atoms with Crippen molar-refractivity contribution in [1.29, 1.82) is 0 Å². The van der Waals surface area contributed by atoms with Gasteiger partial charge in [0.25, 0.3) is 10.0 Å². The number of rotatable bonds is 5. The summed E-state index contributed by atoms with van der Waals surface area (Å²) in [6.45, 7) is 1.39. The smallest absolute Gasteiger partial charge is 0.261 e. The van der Waals surface area contributed by atoms with E-state index in [9.17, 15) is 13.2 Å². The Morgan fingerprint density at radius 3 is 2.17 bits per heavy atom. The molecule has 0 saturated carbocycles. The second-order valence-electron chi connectivity index (χ2n) is 6.54. The molecule has 1 amide bonds. The molecule has 0 aliphatic carbocycles. The number of para-hydroxylation sites is 1. The molecule has 0 atom stereocenters. The maximum Gasteiger partial charge on any atom is 0.261 e. The number of furan rings is 1. The van der Waals surface area contributed by atoms with E-state index in [0.29, 0.717) is 17.1 Å². The number of nitrogens with one attached hydrogen (secondary N) is 2. The van der Waals surface area contributed by atoms with Crippen molar-refractivity contribution in [2.45, 2.75) is 11.8 Å². The molecule has 146 valence electrons. The average molecular weight is 406 g/mol. The van der Waals surface area contributed by atoms with E-state index in [2.05, 4.69) is 10.0 Å². The molecule has 6 nitrogen and oxygen atoms in total. The van der Waals surface area contributed by atoms with Crippen LogP contribution >= 0.6 is 0 Å². The molecular formula is C22H18N2O4S. The highest BCUT2D eigenvalue weighted by Crippen LogP contribution is 2.29. The molecule has 3 aromatic carbocycles. The summed E-state index contributed by atoms with van der Waals surface area (Å²) in [7, 11) is -3.74. The van der Waals surface area contributed by atoms with Crippen molar-refractivity contribution in [3.8, 4) is 11.3 Å². The Kier molecular flexibility index (Phi) is 4.82. The van der Waals surface area contributed by atoms with Gasteiger partial charge in [-0.25, -0.2) is 8.42 Å². The lowest BCUT2D eigenvalue weighted by molar-refractivity contribution is -0.114. The van der Waals surface area contributed by atoms with Crippen molar-refractivity contribution in [1.82, 2.24) is 0 Å². The zero-order valence-electron chi connectivity index (χ0n) is 15.5. The first-order chi connectivity index (χ1) is 13.9. The monoisotopic (exact) mass is 406 g/mol. The van der Waals surface area contributed by atoms with Crippen molar-refractivity contribution in [3.63, 3.8) is 0 Å². The van der Waals surface area contributed by atoms with Gasteiger partial charge >= 0.3 is 0 Å². The third-order valence-corrected chi connectivity index (χ3v) is 5.73. The number of hydrogen-bond acceptors (Lipinski definition) is 4. The molecule has 0 aliphatic heterocycles. The fourth-order valence-electron chi connectivity index (χ4n) is 2.96. The molecule has 29 heavy (non-hydrogen) atoms. The Hall–Kier alpha value is -3.58. The lowest BCUT2D eigenvalue weighted by atomic mass is 10.1. The predicted octanol–water partition coefficient (Wildman–Crippen LogP) is 4.86. The Morgan fingerprint density at radius 1 is 0.862 bits per heavy atom. The van der Waals surface area contributed by atoms with Gasteiger partial charge in [0.2, 0.25) is 5.91 Å². The highest BCUT2D eigenvalue weighted by molar-refractivity contribution is 7.92. The van der Waals surface area contributed by atoms with Gasteiger partial charge in [-0.3, -0.25) is 9.52 Å². The van der Waals surface area contributed by atoms with Gasteiger partial charge in [-0.1, -0.05) is 18.2 Å². The van der Waals surface area contributed by atoms with E-state index >= 15 is 0 Å². The summed E-state index contributed by atoms with van der Waals surface area (Å²) in [6, 6.07) is 22.6. The van der Waals surface area contributed by atoms with E-state index in [4.69, 9.17) is 4.42 Å². The maximum absolute atomic E-state index is 12.6. The van der Waals surface area contributed by atoms with Gasteiger partial charge in [0.1, 0.15) is 11.3 Å². The first-order valence-electron chi connectivity index (χ1n) is 8.90. The molecule has 1 heterocycles. The predicted molar refractivity (Wildman–Crippen MR) is 113 cm³/mol. The van der Waals surface area contributed by atoms with E-state index in [0.717, 1.165) is 16.5 Å². The van der Waals surface area contributed by atoms with Gasteiger partial charge in [0, 0.05) is 29.2 Å². The van der Waals surface area contributed by atoms with E-state index in [1.165, 1.54) is 19.1 Å². The van der Waals surface area contributed by atoms with Crippen molar-refractivity contribution in [2.24, 2.45) is 0 Å². The van der Waals surface area contributed by atoms with Gasteiger partial charge in [-0.15, -0.1) is 0 Å². The third-order valence-electron chi connectivity index (χ3n) is 4.33. The molecule has 2 N–H and O–H groups in total. The Labute approximate surface area is 168 Å². The fourth-order valence-corrected chi connectivity index (χ4v) is 4.02. The molecular weight excluding hydrogens is 388 g/mol. The molecule has 0 unspecified atom stereocenters. The second kappa shape index (κ2) is 7.44. The first kappa shape index (κ1) is 18.8. The summed E-state index contributed by atoms with van der Waals surface area (Å²) in [5.74, 6) is 0.498. The molecule has 0 spiro atoms. The zero-order chi connectivity index (χ0) is 20.4. The van der Waals surface area contributed by atoms with Crippen molar-refractivity contribution >= 4 is 38.3 Å². The number of hydrogen-bond donors (Lipinski definition) is 2. The van der Waals surface area contributed by atoms with Crippen LogP contribution in [0.25, 0.3) is 22.3 Å². The molecule has 0 aliphatic rings. The van der Waals surface area contributed by atoms with Crippen LogP contribution in [0.1, 0.15) is 6.92 Å². The van der Waals surface area contributed by atoms with E-state index in [1.807, 2.05) is 30.3 Å². The van der Waals surface area contributed by atoms with Crippen LogP contribution in [0.3, 0.4) is 0 Å². The van der Waals surface area contributed by atoms with Gasteiger partial charge in [0.05, 0.1) is 4.90 Å². The molecule has 7 heteroatoms. The number of amides is 1. The van der Waals surface area contributed by atoms with Crippen molar-refractivity contribution < 1.29 is 17.6 Å². The fraction of sp³-hybridized carbons (Fsp3) is 0.0455. The second-order valence-corrected chi connectivity index (χ2v) is 8.22. The molecule has 4 rings (SSSR count). The van der Waals surface area contributed by atoms with Gasteiger partial charge < -0.3 is 9.73 Å². The van der Waals surface area contributed by atoms with Crippen LogP contribution in [0.2, 0.25) is 0 Å². The van der Waals surface area contributed by atoms with Gasteiger partial charge in [-0.05, 0) is 60.7 Å². The highest BCUT2D eigenvalue weighted by atomic mass is 32.2. The van der Waals surface area contributed by atoms with E-state index < -0.39 is 10.0 Å². The summed E-state index contributed by atoms with van der Waals surface area (Å²) in [5.41, 5.74) is 2.63. The standard InChI is InChI=1S/C22H18N2O4S/c1-15(25)23-18-10-12-20(13-11-18)29(26,27)24-19-8-6-16(7-9-19)22-14-17-4-2-3-5-21(17)28-22/h2-14,24H,1H3,(H,23,25). The minimum Gasteiger partial charge on any atom is -0.456 e. The molecule has 0 radical (unpaired) electrons. The topological polar surface area (TPSA) is 88.4 Å². The van der Waals surface area contributed by atoms with Crippen LogP contribution in [0.4, 0.5) is 11.4 Å². The lowest BCUT2D eigenvalue weighted by Gasteiger charge is -2.09. The summed E-state index contributed by atoms with van der Waals surface area (Å²) in [6.07, 6.45) is 0. The quantitative estimate of drug-likeness (QED) is 0.495. The summed E-state index contributed by atoms with van der Waals surface area (Å²) in [4.78, 5) is 11.2. The SMILES string of the molecule is CC(=O)Nc1ccc(S(=O)(=O)Nc2ccc(-c3cc4ccccc4o3)cc2)cc1. The van der Waals surface area contributed by atoms with Crippen molar-refractivity contribution in [2.75, 3.05) is 10.0 Å². The lowest BCUT2D eigenvalue weighted by Crippen LogP contribution is -2.13. The Morgan fingerprint density at radius 2 is 1.52 bits per heavy atom. The molecule has 0 saturated heterocycles. The minimum absolute atomic E-state index is 0.105. The molecule has 0 bridgehead atoms. The number of anilines is 2. The zero-order valence-corrected chi connectivity index (χ0v) is 16.4. The van der Waals surface area contributed by atoms with Crippen LogP contribution in [0.15, 0.2) is 88.2 Å². The number of fused-ring (bicyclic) bond motifs is 1. The first-order valence-corrected chi connectivity index (χ1v) is 10.4. The van der Waals surface area contributed by atoms with Crippen LogP contribution in [-0.4, -0.2) is 14.3 Å². The third kappa shape index (κ3) is 4.14. The van der Waals surface area contributed by atoms with Crippen LogP contribution in [0, 0.1) is 0 Å². The van der Waals surface area contributed by atoms with Crippen molar-refractivity contribution in [3.05, 3.63) is 78.9 Å². The number of carbonyl (C=O) groups is 1. The molecule has 0 fully saturated rings. The highest BCUT2D eigenvalue weighted by Gasteiger charge is 2.14. The van der Waals surface area contributed by atoms with Crippen LogP contribution < -0.4 is 10.0 Å². The normalized spacial score (nSPS) is 11.3. The number of benzene rings is 3. The van der Waals surface area contributed by atoms with E-state index in [1.54, 1.807) is 36.4 Å². The summed E-state index contributed by atoms with van der Waals surface area (Å²) >= 11 is 0. The number of sulfonamides is 1. The minimum atomic E-state index is -3.74. The largest absolute Gasteiger partial charge is 0.456 e.